The summed E-state index contributed by atoms with van der Waals surface area (Å²) < 4.78 is 56.5. The van der Waals surface area contributed by atoms with Gasteiger partial charge >= 0.3 is 5.51 Å². The third-order valence-electron chi connectivity index (χ3n) is 0.976. The van der Waals surface area contributed by atoms with E-state index >= 15 is 0 Å². The van der Waals surface area contributed by atoms with Gasteiger partial charge in [0.25, 0.3) is 0 Å². The lowest BCUT2D eigenvalue weighted by Gasteiger charge is -2.16. The molecule has 0 aromatic rings. The zero-order chi connectivity index (χ0) is 10.2. The molecule has 0 unspecified atom stereocenters. The van der Waals surface area contributed by atoms with Crippen molar-refractivity contribution in [3.63, 3.8) is 0 Å². The lowest BCUT2D eigenvalue weighted by atomic mass is 11.6. The Bertz CT molecular complexity index is 249. The van der Waals surface area contributed by atoms with E-state index in [1.54, 1.807) is 19.6 Å². The second-order valence-electron chi connectivity index (χ2n) is 3.77. The summed E-state index contributed by atoms with van der Waals surface area (Å²) in [4.78, 5) is 0. The number of alkyl halides is 3. The molecule has 0 N–H and O–H groups in total. The first-order valence-corrected chi connectivity index (χ1v) is 8.61. The van der Waals surface area contributed by atoms with Crippen molar-refractivity contribution in [2.75, 3.05) is 5.38 Å². The molecule has 0 aliphatic carbocycles. The van der Waals surface area contributed by atoms with Crippen molar-refractivity contribution in [3.05, 3.63) is 0 Å². The molecule has 0 spiro atoms. The summed E-state index contributed by atoms with van der Waals surface area (Å²) in [5, 5.41) is -0.733. The molecule has 0 radical (unpaired) electrons. The summed E-state index contributed by atoms with van der Waals surface area (Å²) in [7, 11) is -7.10. The maximum atomic E-state index is 11.8. The fraction of sp³-hybridized carbons (Fsp3) is 1.00. The Kier molecular flexibility index (Phi) is 3.01. The molecule has 0 fully saturated rings. The van der Waals surface area contributed by atoms with Crippen LogP contribution in [0.2, 0.25) is 19.6 Å². The molecule has 0 bridgehead atoms. The molecule has 0 saturated carbocycles. The van der Waals surface area contributed by atoms with Gasteiger partial charge in [-0.25, -0.2) is 8.42 Å². The van der Waals surface area contributed by atoms with Gasteiger partial charge in [0.2, 0.25) is 9.84 Å². The molecular formula is C5H11F3O2SSi. The van der Waals surface area contributed by atoms with E-state index in [0.717, 1.165) is 0 Å². The van der Waals surface area contributed by atoms with E-state index < -0.39 is 28.8 Å². The molecule has 0 amide bonds. The zero-order valence-corrected chi connectivity index (χ0v) is 8.88. The van der Waals surface area contributed by atoms with Crippen LogP contribution >= 0.6 is 0 Å². The molecule has 0 rings (SSSR count). The van der Waals surface area contributed by atoms with Crippen molar-refractivity contribution in [3.8, 4) is 0 Å². The highest BCUT2D eigenvalue weighted by atomic mass is 32.2. The predicted molar refractivity (Wildman–Crippen MR) is 43.2 cm³/mol. The van der Waals surface area contributed by atoms with E-state index in [1.165, 1.54) is 0 Å². The number of halogens is 3. The van der Waals surface area contributed by atoms with Crippen molar-refractivity contribution >= 4 is 17.9 Å². The highest BCUT2D eigenvalue weighted by molar-refractivity contribution is 7.94. The van der Waals surface area contributed by atoms with Gasteiger partial charge in [0.05, 0.1) is 13.5 Å². The number of rotatable bonds is 2. The van der Waals surface area contributed by atoms with Crippen molar-refractivity contribution in [1.82, 2.24) is 0 Å². The van der Waals surface area contributed by atoms with Gasteiger partial charge in [-0.3, -0.25) is 0 Å². The second kappa shape index (κ2) is 3.02. The molecule has 0 heterocycles. The lowest BCUT2D eigenvalue weighted by Crippen LogP contribution is -2.38. The normalized spacial score (nSPS) is 14.8. The third-order valence-corrected chi connectivity index (χ3v) is 6.67. The van der Waals surface area contributed by atoms with E-state index in [-0.39, 0.29) is 0 Å². The minimum absolute atomic E-state index is 0.733. The van der Waals surface area contributed by atoms with Crippen LogP contribution in [0.4, 0.5) is 13.2 Å². The maximum absolute atomic E-state index is 11.8. The Morgan fingerprint density at radius 2 is 1.50 bits per heavy atom. The Labute approximate surface area is 70.7 Å². The third kappa shape index (κ3) is 3.57. The maximum Gasteiger partial charge on any atom is 0.497 e. The molecule has 7 heteroatoms. The van der Waals surface area contributed by atoms with Crippen LogP contribution < -0.4 is 0 Å². The number of hydrogen-bond acceptors (Lipinski definition) is 2. The summed E-state index contributed by atoms with van der Waals surface area (Å²) in [6, 6.07) is 0. The molecule has 74 valence electrons. The van der Waals surface area contributed by atoms with Gasteiger partial charge < -0.3 is 0 Å². The fourth-order valence-corrected chi connectivity index (χ4v) is 5.87. The second-order valence-corrected chi connectivity index (χ2v) is 11.7. The Hall–Kier alpha value is -0.0431. The van der Waals surface area contributed by atoms with E-state index in [4.69, 9.17) is 0 Å². The molecule has 0 saturated heterocycles. The number of hydrogen-bond donors (Lipinski definition) is 0. The smallest absolute Gasteiger partial charge is 0.220 e. The topological polar surface area (TPSA) is 34.1 Å². The SMILES string of the molecule is C[Si](C)(C)CS(=O)(=O)C(F)(F)F. The Morgan fingerprint density at radius 3 is 1.58 bits per heavy atom. The van der Waals surface area contributed by atoms with Crippen molar-refractivity contribution in [1.29, 1.82) is 0 Å². The van der Waals surface area contributed by atoms with Gasteiger partial charge in [-0.15, -0.1) is 0 Å². The average Bonchev–Trinajstić information content (AvgIpc) is 1.52. The molecule has 0 aromatic heterocycles. The highest BCUT2D eigenvalue weighted by Gasteiger charge is 2.47. The molecule has 2 nitrogen and oxygen atoms in total. The first-order chi connectivity index (χ1) is 4.96. The van der Waals surface area contributed by atoms with Gasteiger partial charge in [0.1, 0.15) is 0 Å². The molecule has 0 aliphatic rings. The first kappa shape index (κ1) is 12.0. The molecular weight excluding hydrogens is 209 g/mol. The summed E-state index contributed by atoms with van der Waals surface area (Å²) in [5.41, 5.74) is -5.09. The summed E-state index contributed by atoms with van der Waals surface area (Å²) in [6.07, 6.45) is 0. The Morgan fingerprint density at radius 1 is 1.17 bits per heavy atom. The van der Waals surface area contributed by atoms with E-state index in [1.807, 2.05) is 0 Å². The van der Waals surface area contributed by atoms with Crippen molar-refractivity contribution < 1.29 is 21.6 Å². The Balaban J connectivity index is 4.70. The van der Waals surface area contributed by atoms with E-state index in [2.05, 4.69) is 0 Å². The standard InChI is InChI=1S/C5H11F3O2SSi/c1-12(2,3)4-11(9,10)5(6,7)8/h4H2,1-3H3. The highest BCUT2D eigenvalue weighted by Crippen LogP contribution is 2.25. The van der Waals surface area contributed by atoms with Gasteiger partial charge in [-0.05, 0) is 0 Å². The van der Waals surface area contributed by atoms with Crippen LogP contribution in [0.1, 0.15) is 0 Å². The quantitative estimate of drug-likeness (QED) is 0.665. The molecule has 0 aliphatic heterocycles. The monoisotopic (exact) mass is 220 g/mol. The zero-order valence-electron chi connectivity index (χ0n) is 7.07. The molecule has 0 aromatic carbocycles. The van der Waals surface area contributed by atoms with Gasteiger partial charge in [0.15, 0.2) is 0 Å². The van der Waals surface area contributed by atoms with Gasteiger partial charge in [-0.1, -0.05) is 19.6 Å². The molecule has 12 heavy (non-hydrogen) atoms. The fourth-order valence-electron chi connectivity index (χ4n) is 0.652. The minimum Gasteiger partial charge on any atom is -0.220 e. The van der Waals surface area contributed by atoms with Crippen LogP contribution in [-0.2, 0) is 9.84 Å². The van der Waals surface area contributed by atoms with Crippen LogP contribution in [0.25, 0.3) is 0 Å². The largest absolute Gasteiger partial charge is 0.497 e. The van der Waals surface area contributed by atoms with Crippen molar-refractivity contribution in [2.24, 2.45) is 0 Å². The minimum atomic E-state index is -5.09. The van der Waals surface area contributed by atoms with E-state index in [9.17, 15) is 21.6 Å². The van der Waals surface area contributed by atoms with Gasteiger partial charge in [0, 0.05) is 0 Å². The summed E-state index contributed by atoms with van der Waals surface area (Å²) in [5.74, 6) is 0. The van der Waals surface area contributed by atoms with Crippen LogP contribution in [0.5, 0.6) is 0 Å². The van der Waals surface area contributed by atoms with Crippen molar-refractivity contribution in [2.45, 2.75) is 25.1 Å². The molecule has 0 atom stereocenters. The predicted octanol–water partition coefficient (Wildman–Crippen LogP) is 1.80. The van der Waals surface area contributed by atoms with Gasteiger partial charge in [-0.2, -0.15) is 13.2 Å². The summed E-state index contributed by atoms with van der Waals surface area (Å²) in [6.45, 7) is 4.74. The van der Waals surface area contributed by atoms with Crippen LogP contribution in [0.15, 0.2) is 0 Å². The van der Waals surface area contributed by atoms with Crippen LogP contribution in [-0.4, -0.2) is 27.4 Å². The first-order valence-electron chi connectivity index (χ1n) is 3.25. The summed E-state index contributed by atoms with van der Waals surface area (Å²) >= 11 is 0. The van der Waals surface area contributed by atoms with E-state index in [0.29, 0.717) is 0 Å². The average molecular weight is 220 g/mol. The van der Waals surface area contributed by atoms with Crippen LogP contribution in [0.3, 0.4) is 0 Å². The van der Waals surface area contributed by atoms with Crippen LogP contribution in [0, 0.1) is 0 Å². The number of sulfone groups is 1. The lowest BCUT2D eigenvalue weighted by molar-refractivity contribution is -0.0431.